The minimum atomic E-state index is -0.169. The number of benzene rings is 1. The molecule has 1 saturated heterocycles. The van der Waals surface area contributed by atoms with E-state index in [1.165, 1.54) is 23.6 Å². The number of carbonyl (C=O) groups is 2. The van der Waals surface area contributed by atoms with Crippen molar-refractivity contribution >= 4 is 46.7 Å². The molecule has 2 rings (SSSR count). The van der Waals surface area contributed by atoms with Gasteiger partial charge in [-0.05, 0) is 18.2 Å². The van der Waals surface area contributed by atoms with E-state index in [9.17, 15) is 9.59 Å². The maximum Gasteiger partial charge on any atom is 0.226 e. The Kier molecular flexibility index (Phi) is 4.30. The van der Waals surface area contributed by atoms with Gasteiger partial charge >= 0.3 is 0 Å². The van der Waals surface area contributed by atoms with Gasteiger partial charge in [-0.3, -0.25) is 19.4 Å². The lowest BCUT2D eigenvalue weighted by molar-refractivity contribution is -0.124. The predicted molar refractivity (Wildman–Crippen MR) is 78.3 cm³/mol. The number of amides is 2. The molecule has 7 heteroatoms. The summed E-state index contributed by atoms with van der Waals surface area (Å²) >= 11 is 11.9. The smallest absolute Gasteiger partial charge is 0.226 e. The SMILES string of the molecule is CC(=O)N1CCN(C(C)=O)C1=Nc1ccc(Cl)cc1Cl. The van der Waals surface area contributed by atoms with Crippen LogP contribution in [0.1, 0.15) is 13.8 Å². The molecule has 1 fully saturated rings. The van der Waals surface area contributed by atoms with Gasteiger partial charge in [-0.2, -0.15) is 0 Å². The van der Waals surface area contributed by atoms with E-state index < -0.39 is 0 Å². The van der Waals surface area contributed by atoms with Crippen LogP contribution in [0, 0.1) is 0 Å². The third kappa shape index (κ3) is 2.94. The average molecular weight is 314 g/mol. The molecule has 1 aliphatic rings. The van der Waals surface area contributed by atoms with E-state index in [-0.39, 0.29) is 11.8 Å². The summed E-state index contributed by atoms with van der Waals surface area (Å²) in [5.41, 5.74) is 0.463. The second-order valence-electron chi connectivity index (χ2n) is 4.35. The molecule has 0 atom stereocenters. The van der Waals surface area contributed by atoms with Crippen molar-refractivity contribution in [3.63, 3.8) is 0 Å². The molecular formula is C13H13Cl2N3O2. The predicted octanol–water partition coefficient (Wildman–Crippen LogP) is 2.69. The van der Waals surface area contributed by atoms with Crippen LogP contribution in [0.2, 0.25) is 10.0 Å². The number of hydrogen-bond donors (Lipinski definition) is 0. The van der Waals surface area contributed by atoms with Crippen molar-refractivity contribution < 1.29 is 9.59 Å². The molecule has 1 aromatic rings. The molecule has 0 aromatic heterocycles. The molecule has 1 heterocycles. The van der Waals surface area contributed by atoms with Gasteiger partial charge in [0.25, 0.3) is 0 Å². The molecular weight excluding hydrogens is 301 g/mol. The molecule has 2 amide bonds. The summed E-state index contributed by atoms with van der Waals surface area (Å²) in [4.78, 5) is 30.5. The standard InChI is InChI=1S/C13H13Cl2N3O2/c1-8(19)17-5-6-18(9(2)20)13(17)16-12-4-3-10(14)7-11(12)15/h3-4,7H,5-6H2,1-2H3. The number of nitrogens with zero attached hydrogens (tertiary/aromatic N) is 3. The molecule has 5 nitrogen and oxygen atoms in total. The average Bonchev–Trinajstić information content (AvgIpc) is 2.76. The Morgan fingerprint density at radius 3 is 2.10 bits per heavy atom. The van der Waals surface area contributed by atoms with E-state index in [2.05, 4.69) is 4.99 Å². The fraction of sp³-hybridized carbons (Fsp3) is 0.308. The molecule has 0 unspecified atom stereocenters. The molecule has 106 valence electrons. The molecule has 1 aromatic carbocycles. The van der Waals surface area contributed by atoms with Gasteiger partial charge in [0, 0.05) is 32.0 Å². The van der Waals surface area contributed by atoms with E-state index in [0.717, 1.165) is 0 Å². The highest BCUT2D eigenvalue weighted by Crippen LogP contribution is 2.29. The number of hydrogen-bond acceptors (Lipinski definition) is 3. The zero-order valence-electron chi connectivity index (χ0n) is 11.1. The van der Waals surface area contributed by atoms with Crippen molar-refractivity contribution in [3.8, 4) is 0 Å². The Morgan fingerprint density at radius 2 is 1.65 bits per heavy atom. The van der Waals surface area contributed by atoms with Crippen LogP contribution in [0.15, 0.2) is 23.2 Å². The maximum atomic E-state index is 11.6. The van der Waals surface area contributed by atoms with Gasteiger partial charge in [0.1, 0.15) is 0 Å². The van der Waals surface area contributed by atoms with Gasteiger partial charge in [0.2, 0.25) is 17.8 Å². The fourth-order valence-electron chi connectivity index (χ4n) is 1.94. The van der Waals surface area contributed by atoms with Crippen molar-refractivity contribution in [3.05, 3.63) is 28.2 Å². The minimum Gasteiger partial charge on any atom is -0.280 e. The van der Waals surface area contributed by atoms with Crippen LogP contribution in [0.5, 0.6) is 0 Å². The number of guanidine groups is 1. The van der Waals surface area contributed by atoms with Crippen molar-refractivity contribution in [2.75, 3.05) is 13.1 Å². The van der Waals surface area contributed by atoms with Crippen LogP contribution in [0.4, 0.5) is 5.69 Å². The number of halogens is 2. The largest absolute Gasteiger partial charge is 0.280 e. The lowest BCUT2D eigenvalue weighted by Crippen LogP contribution is -2.38. The Hall–Kier alpha value is -1.59. The van der Waals surface area contributed by atoms with Crippen LogP contribution < -0.4 is 0 Å². The number of aliphatic imine (C=N–C) groups is 1. The monoisotopic (exact) mass is 313 g/mol. The summed E-state index contributed by atoms with van der Waals surface area (Å²) in [6.07, 6.45) is 0. The van der Waals surface area contributed by atoms with E-state index in [1.807, 2.05) is 0 Å². The normalized spacial score (nSPS) is 14.7. The summed E-state index contributed by atoms with van der Waals surface area (Å²) < 4.78 is 0. The third-order valence-corrected chi connectivity index (χ3v) is 3.46. The van der Waals surface area contributed by atoms with Crippen LogP contribution in [-0.2, 0) is 9.59 Å². The van der Waals surface area contributed by atoms with Crippen molar-refractivity contribution in [2.45, 2.75) is 13.8 Å². The van der Waals surface area contributed by atoms with Crippen LogP contribution in [-0.4, -0.2) is 40.7 Å². The van der Waals surface area contributed by atoms with Gasteiger partial charge in [0.05, 0.1) is 10.7 Å². The van der Waals surface area contributed by atoms with Gasteiger partial charge < -0.3 is 0 Å². The van der Waals surface area contributed by atoms with E-state index >= 15 is 0 Å². The van der Waals surface area contributed by atoms with E-state index in [4.69, 9.17) is 23.2 Å². The molecule has 0 aliphatic carbocycles. The number of carbonyl (C=O) groups excluding carboxylic acids is 2. The zero-order chi connectivity index (χ0) is 14.9. The van der Waals surface area contributed by atoms with Gasteiger partial charge in [-0.1, -0.05) is 23.2 Å². The topological polar surface area (TPSA) is 53.0 Å². The fourth-order valence-corrected chi connectivity index (χ4v) is 2.39. The highest BCUT2D eigenvalue weighted by atomic mass is 35.5. The van der Waals surface area contributed by atoms with Crippen molar-refractivity contribution in [2.24, 2.45) is 4.99 Å². The summed E-state index contributed by atoms with van der Waals surface area (Å²) in [6.45, 7) is 3.73. The molecule has 0 N–H and O–H groups in total. The Labute approximate surface area is 126 Å². The second kappa shape index (κ2) is 5.81. The zero-order valence-corrected chi connectivity index (χ0v) is 12.6. The van der Waals surface area contributed by atoms with Crippen LogP contribution >= 0.6 is 23.2 Å². The first-order valence-electron chi connectivity index (χ1n) is 6.00. The van der Waals surface area contributed by atoms with Gasteiger partial charge in [-0.25, -0.2) is 4.99 Å². The van der Waals surface area contributed by atoms with Crippen molar-refractivity contribution in [1.29, 1.82) is 0 Å². The first kappa shape index (κ1) is 14.8. The lowest BCUT2D eigenvalue weighted by Gasteiger charge is -2.18. The molecule has 0 spiro atoms. The molecule has 0 radical (unpaired) electrons. The quantitative estimate of drug-likeness (QED) is 0.800. The maximum absolute atomic E-state index is 11.6. The Bertz CT molecular complexity index is 577. The summed E-state index contributed by atoms with van der Waals surface area (Å²) in [5.74, 6) is -0.0376. The first-order chi connectivity index (χ1) is 9.40. The van der Waals surface area contributed by atoms with Crippen LogP contribution in [0.3, 0.4) is 0 Å². The van der Waals surface area contributed by atoms with Gasteiger partial charge in [-0.15, -0.1) is 0 Å². The van der Waals surface area contributed by atoms with Crippen molar-refractivity contribution in [1.82, 2.24) is 9.80 Å². The molecule has 0 bridgehead atoms. The third-order valence-electron chi connectivity index (χ3n) is 2.92. The molecule has 1 aliphatic heterocycles. The Balaban J connectivity index is 2.45. The highest BCUT2D eigenvalue weighted by molar-refractivity contribution is 6.36. The van der Waals surface area contributed by atoms with E-state index in [1.54, 1.807) is 18.2 Å². The Morgan fingerprint density at radius 1 is 1.10 bits per heavy atom. The lowest BCUT2D eigenvalue weighted by atomic mass is 10.3. The summed E-state index contributed by atoms with van der Waals surface area (Å²) in [6, 6.07) is 4.86. The molecule has 20 heavy (non-hydrogen) atoms. The van der Waals surface area contributed by atoms with Crippen LogP contribution in [0.25, 0.3) is 0 Å². The highest BCUT2D eigenvalue weighted by Gasteiger charge is 2.31. The second-order valence-corrected chi connectivity index (χ2v) is 5.19. The van der Waals surface area contributed by atoms with E-state index in [0.29, 0.717) is 34.8 Å². The first-order valence-corrected chi connectivity index (χ1v) is 6.75. The number of rotatable bonds is 1. The summed E-state index contributed by atoms with van der Waals surface area (Å²) in [7, 11) is 0. The minimum absolute atomic E-state index is 0.169. The summed E-state index contributed by atoms with van der Waals surface area (Å²) in [5, 5.41) is 0.862. The van der Waals surface area contributed by atoms with Gasteiger partial charge in [0.15, 0.2) is 0 Å². The molecule has 0 saturated carbocycles.